The lowest BCUT2D eigenvalue weighted by Gasteiger charge is -2.20. The Kier molecular flexibility index (Phi) is 5.95. The first-order valence-corrected chi connectivity index (χ1v) is 9.05. The Hall–Kier alpha value is -1.73. The van der Waals surface area contributed by atoms with Crippen molar-refractivity contribution in [2.45, 2.75) is 52.0 Å². The van der Waals surface area contributed by atoms with Gasteiger partial charge in [-0.3, -0.25) is 4.79 Å². The van der Waals surface area contributed by atoms with Crippen molar-refractivity contribution in [3.05, 3.63) is 29.8 Å². The number of hydrogen-bond donors (Lipinski definition) is 1. The fraction of sp³-hybridized carbons (Fsp3) is 0.529. The maximum Gasteiger partial charge on any atom is 0.338 e. The molecule has 1 aromatic rings. The number of hydrogen-bond acceptors (Lipinski definition) is 5. The van der Waals surface area contributed by atoms with Crippen molar-refractivity contribution >= 4 is 21.8 Å². The van der Waals surface area contributed by atoms with Crippen molar-refractivity contribution in [2.24, 2.45) is 5.41 Å². The van der Waals surface area contributed by atoms with Gasteiger partial charge in [-0.15, -0.1) is 0 Å². The number of benzene rings is 1. The van der Waals surface area contributed by atoms with E-state index in [-0.39, 0.29) is 22.8 Å². The highest BCUT2D eigenvalue weighted by atomic mass is 32.2. The van der Waals surface area contributed by atoms with Crippen LogP contribution in [0.3, 0.4) is 0 Å². The average Bonchev–Trinajstić information content (AvgIpc) is 2.41. The summed E-state index contributed by atoms with van der Waals surface area (Å²) in [5.74, 6) is -0.857. The van der Waals surface area contributed by atoms with Gasteiger partial charge in [0.2, 0.25) is 10.0 Å². The number of nitrogens with one attached hydrogen (secondary N) is 1. The molecule has 0 saturated carbocycles. The lowest BCUT2D eigenvalue weighted by atomic mass is 9.91. The van der Waals surface area contributed by atoms with E-state index in [4.69, 9.17) is 4.74 Å². The van der Waals surface area contributed by atoms with E-state index in [1.54, 1.807) is 41.5 Å². The van der Waals surface area contributed by atoms with E-state index in [1.807, 2.05) is 0 Å². The molecule has 0 heterocycles. The molecule has 6 nitrogen and oxygen atoms in total. The summed E-state index contributed by atoms with van der Waals surface area (Å²) in [6, 6.07) is 5.38. The Morgan fingerprint density at radius 1 is 1.00 bits per heavy atom. The molecule has 0 aliphatic heterocycles. The molecule has 7 heteroatoms. The van der Waals surface area contributed by atoms with E-state index >= 15 is 0 Å². The average molecular weight is 355 g/mol. The number of rotatable bonds is 5. The normalized spacial score (nSPS) is 12.8. The van der Waals surface area contributed by atoms with Gasteiger partial charge in [0.15, 0.2) is 12.4 Å². The molecule has 0 unspecified atom stereocenters. The van der Waals surface area contributed by atoms with E-state index in [0.717, 1.165) is 0 Å². The first-order chi connectivity index (χ1) is 10.7. The Morgan fingerprint density at radius 3 is 1.92 bits per heavy atom. The van der Waals surface area contributed by atoms with Crippen molar-refractivity contribution in [2.75, 3.05) is 6.61 Å². The molecular formula is C17H25NO5S. The van der Waals surface area contributed by atoms with Gasteiger partial charge in [0.1, 0.15) is 0 Å². The molecule has 0 bridgehead atoms. The van der Waals surface area contributed by atoms with Crippen LogP contribution in [0, 0.1) is 5.41 Å². The van der Waals surface area contributed by atoms with Crippen LogP contribution in [0.1, 0.15) is 51.9 Å². The van der Waals surface area contributed by atoms with Gasteiger partial charge in [-0.05, 0) is 45.0 Å². The van der Waals surface area contributed by atoms with Crippen molar-refractivity contribution in [3.63, 3.8) is 0 Å². The van der Waals surface area contributed by atoms with Gasteiger partial charge in [-0.25, -0.2) is 17.9 Å². The highest BCUT2D eigenvalue weighted by molar-refractivity contribution is 7.89. The fourth-order valence-electron chi connectivity index (χ4n) is 1.66. The first kappa shape index (κ1) is 20.3. The van der Waals surface area contributed by atoms with Crippen LogP contribution < -0.4 is 4.72 Å². The third-order valence-electron chi connectivity index (χ3n) is 3.01. The van der Waals surface area contributed by atoms with Gasteiger partial charge in [-0.2, -0.15) is 0 Å². The fourth-order valence-corrected chi connectivity index (χ4v) is 3.08. The predicted octanol–water partition coefficient (Wildman–Crippen LogP) is 2.54. The molecule has 0 radical (unpaired) electrons. The lowest BCUT2D eigenvalue weighted by molar-refractivity contribution is -0.129. The molecule has 0 aromatic heterocycles. The molecule has 1 rings (SSSR count). The highest BCUT2D eigenvalue weighted by Gasteiger charge is 2.24. The molecule has 0 amide bonds. The molecule has 24 heavy (non-hydrogen) atoms. The highest BCUT2D eigenvalue weighted by Crippen LogP contribution is 2.16. The monoisotopic (exact) mass is 355 g/mol. The van der Waals surface area contributed by atoms with Crippen LogP contribution in [0.5, 0.6) is 0 Å². The van der Waals surface area contributed by atoms with E-state index in [1.165, 1.54) is 24.3 Å². The lowest BCUT2D eigenvalue weighted by Crippen LogP contribution is -2.40. The number of ether oxygens (including phenoxy) is 1. The summed E-state index contributed by atoms with van der Waals surface area (Å²) in [5, 5.41) is 0. The van der Waals surface area contributed by atoms with E-state index in [9.17, 15) is 18.0 Å². The van der Waals surface area contributed by atoms with E-state index in [2.05, 4.69) is 4.72 Å². The second kappa shape index (κ2) is 7.03. The summed E-state index contributed by atoms with van der Waals surface area (Å²) < 4.78 is 31.9. The minimum Gasteiger partial charge on any atom is -0.454 e. The van der Waals surface area contributed by atoms with Gasteiger partial charge >= 0.3 is 5.97 Å². The molecule has 134 valence electrons. The van der Waals surface area contributed by atoms with Crippen LogP contribution in [0.25, 0.3) is 0 Å². The molecular weight excluding hydrogens is 330 g/mol. The van der Waals surface area contributed by atoms with E-state index < -0.39 is 26.9 Å². The zero-order valence-corrected chi connectivity index (χ0v) is 15.8. The number of carbonyl (C=O) groups excluding carboxylic acids is 2. The SMILES string of the molecule is CC(C)(C)NS(=O)(=O)c1ccc(C(=O)OCC(=O)C(C)(C)C)cc1. The molecule has 0 aliphatic carbocycles. The summed E-state index contributed by atoms with van der Waals surface area (Å²) in [5.41, 5.74) is -1.01. The van der Waals surface area contributed by atoms with Crippen LogP contribution >= 0.6 is 0 Å². The summed E-state index contributed by atoms with van der Waals surface area (Å²) in [4.78, 5) is 23.7. The van der Waals surface area contributed by atoms with E-state index in [0.29, 0.717) is 0 Å². The minimum absolute atomic E-state index is 0.0553. The second-order valence-corrected chi connectivity index (χ2v) is 9.31. The summed E-state index contributed by atoms with van der Waals surface area (Å²) in [7, 11) is -3.66. The Labute approximate surface area is 143 Å². The summed E-state index contributed by atoms with van der Waals surface area (Å²) in [6.45, 7) is 10.1. The third kappa shape index (κ3) is 6.05. The topological polar surface area (TPSA) is 89.5 Å². The van der Waals surface area contributed by atoms with Crippen LogP contribution in [-0.4, -0.2) is 32.3 Å². The third-order valence-corrected chi connectivity index (χ3v) is 4.79. The van der Waals surface area contributed by atoms with Crippen molar-refractivity contribution < 1.29 is 22.7 Å². The quantitative estimate of drug-likeness (QED) is 0.820. The first-order valence-electron chi connectivity index (χ1n) is 7.57. The number of ketones is 1. The number of esters is 1. The largest absolute Gasteiger partial charge is 0.454 e. The molecule has 0 spiro atoms. The molecule has 1 aromatic carbocycles. The van der Waals surface area contributed by atoms with Crippen LogP contribution in [0.15, 0.2) is 29.2 Å². The Bertz CT molecular complexity index is 707. The van der Waals surface area contributed by atoms with Crippen molar-refractivity contribution in [3.8, 4) is 0 Å². The van der Waals surface area contributed by atoms with Crippen LogP contribution in [0.4, 0.5) is 0 Å². The van der Waals surface area contributed by atoms with Gasteiger partial charge in [0.05, 0.1) is 10.5 Å². The maximum atomic E-state index is 12.2. The maximum absolute atomic E-state index is 12.2. The zero-order valence-electron chi connectivity index (χ0n) is 15.0. The molecule has 0 aliphatic rings. The molecule has 0 fully saturated rings. The number of Topliss-reactive ketones (excluding diaryl/α,β-unsaturated/α-hetero) is 1. The molecule has 0 saturated heterocycles. The van der Waals surface area contributed by atoms with Crippen LogP contribution in [0.2, 0.25) is 0 Å². The predicted molar refractivity (Wildman–Crippen MR) is 91.3 cm³/mol. The van der Waals surface area contributed by atoms with Crippen molar-refractivity contribution in [1.82, 2.24) is 4.72 Å². The number of sulfonamides is 1. The minimum atomic E-state index is -3.66. The summed E-state index contributed by atoms with van der Waals surface area (Å²) in [6.07, 6.45) is 0. The second-order valence-electron chi connectivity index (χ2n) is 7.63. The van der Waals surface area contributed by atoms with Crippen LogP contribution in [-0.2, 0) is 19.6 Å². The zero-order chi connectivity index (χ0) is 18.8. The smallest absolute Gasteiger partial charge is 0.338 e. The van der Waals surface area contributed by atoms with Gasteiger partial charge in [0, 0.05) is 11.0 Å². The van der Waals surface area contributed by atoms with Gasteiger partial charge in [0.25, 0.3) is 0 Å². The number of carbonyl (C=O) groups is 2. The summed E-state index contributed by atoms with van der Waals surface area (Å²) >= 11 is 0. The van der Waals surface area contributed by atoms with Gasteiger partial charge in [-0.1, -0.05) is 20.8 Å². The van der Waals surface area contributed by atoms with Gasteiger partial charge < -0.3 is 4.74 Å². The Morgan fingerprint density at radius 2 is 1.50 bits per heavy atom. The molecule has 0 atom stereocenters. The van der Waals surface area contributed by atoms with Crippen molar-refractivity contribution in [1.29, 1.82) is 0 Å². The molecule has 1 N–H and O–H groups in total. The standard InChI is InChI=1S/C17H25NO5S/c1-16(2,3)14(19)11-23-15(20)12-7-9-13(10-8-12)24(21,22)18-17(4,5)6/h7-10,18H,11H2,1-6H3. The Balaban J connectivity index is 2.81.